The molecular formula is C17H20O4Y. The molecule has 115 valence electrons. The molecule has 0 saturated heterocycles. The van der Waals surface area contributed by atoms with Crippen LogP contribution in [0.1, 0.15) is 43.2 Å². The van der Waals surface area contributed by atoms with Gasteiger partial charge < -0.3 is 19.4 Å². The second kappa shape index (κ2) is 7.33. The molecule has 4 nitrogen and oxygen atoms in total. The van der Waals surface area contributed by atoms with Crippen LogP contribution >= 0.6 is 0 Å². The van der Waals surface area contributed by atoms with E-state index in [1.807, 2.05) is 18.2 Å². The number of aliphatic hydroxyl groups excluding tert-OH is 1. The van der Waals surface area contributed by atoms with E-state index < -0.39 is 6.10 Å². The molecule has 0 bridgehead atoms. The number of aryl methyl sites for hydroxylation is 1. The summed E-state index contributed by atoms with van der Waals surface area (Å²) in [5.41, 5.74) is 2.14. The number of benzene rings is 1. The van der Waals surface area contributed by atoms with Gasteiger partial charge in [-0.2, -0.15) is 0 Å². The fourth-order valence-electron chi connectivity index (χ4n) is 3.62. The third-order valence-electron chi connectivity index (χ3n) is 4.62. The summed E-state index contributed by atoms with van der Waals surface area (Å²) < 4.78 is 6.02. The molecule has 1 fully saturated rings. The number of hydrogen-bond donors (Lipinski definition) is 1. The SMILES string of the molecule is CC(=O)CCCc1cccc2c1O[C@H]1C[C@@H](O)[C@H](C=O)[C@@H]21.[Y]. The van der Waals surface area contributed by atoms with Crippen molar-refractivity contribution in [1.82, 2.24) is 0 Å². The van der Waals surface area contributed by atoms with Crippen LogP contribution in [-0.4, -0.2) is 29.4 Å². The predicted octanol–water partition coefficient (Wildman–Crippen LogP) is 2.02. The van der Waals surface area contributed by atoms with E-state index >= 15 is 0 Å². The molecule has 4 atom stereocenters. The molecule has 0 unspecified atom stereocenters. The number of Topliss-reactive ketones (excluding diaryl/α,β-unsaturated/α-hetero) is 1. The van der Waals surface area contributed by atoms with Gasteiger partial charge in [-0.05, 0) is 25.3 Å². The van der Waals surface area contributed by atoms with Crippen molar-refractivity contribution in [2.45, 2.75) is 50.7 Å². The van der Waals surface area contributed by atoms with E-state index in [0.29, 0.717) is 12.8 Å². The number of hydrogen-bond acceptors (Lipinski definition) is 4. The van der Waals surface area contributed by atoms with E-state index in [0.717, 1.165) is 36.0 Å². The number of carbonyl (C=O) groups is 2. The summed E-state index contributed by atoms with van der Waals surface area (Å²) in [6, 6.07) is 5.98. The molecule has 0 spiro atoms. The first-order valence-electron chi connectivity index (χ1n) is 7.53. The minimum absolute atomic E-state index is 0. The van der Waals surface area contributed by atoms with E-state index in [2.05, 4.69) is 0 Å². The van der Waals surface area contributed by atoms with Crippen LogP contribution in [-0.2, 0) is 48.7 Å². The number of para-hydroxylation sites is 1. The Balaban J connectivity index is 0.00000176. The van der Waals surface area contributed by atoms with Gasteiger partial charge in [0, 0.05) is 57.0 Å². The molecule has 0 amide bonds. The van der Waals surface area contributed by atoms with Crippen LogP contribution in [0.25, 0.3) is 0 Å². The second-order valence-corrected chi connectivity index (χ2v) is 6.09. The molecule has 1 aromatic rings. The summed E-state index contributed by atoms with van der Waals surface area (Å²) >= 11 is 0. The molecule has 1 aromatic carbocycles. The van der Waals surface area contributed by atoms with Crippen LogP contribution in [0.15, 0.2) is 18.2 Å². The molecule has 22 heavy (non-hydrogen) atoms. The number of rotatable bonds is 5. The maximum absolute atomic E-state index is 11.2. The zero-order valence-corrected chi connectivity index (χ0v) is 15.5. The molecular weight excluding hydrogens is 357 g/mol. The van der Waals surface area contributed by atoms with Crippen molar-refractivity contribution in [2.24, 2.45) is 5.92 Å². The number of ketones is 1. The Kier molecular flexibility index (Phi) is 5.92. The van der Waals surface area contributed by atoms with Crippen LogP contribution in [0.4, 0.5) is 0 Å². The zero-order valence-electron chi connectivity index (χ0n) is 12.7. The number of carbonyl (C=O) groups excluding carboxylic acids is 2. The largest absolute Gasteiger partial charge is 0.489 e. The molecule has 1 aliphatic heterocycles. The summed E-state index contributed by atoms with van der Waals surface area (Å²) in [6.45, 7) is 1.60. The molecule has 1 heterocycles. The van der Waals surface area contributed by atoms with E-state index in [9.17, 15) is 14.7 Å². The number of aliphatic hydroxyl groups is 1. The summed E-state index contributed by atoms with van der Waals surface area (Å²) in [6.07, 6.45) is 2.85. The summed E-state index contributed by atoms with van der Waals surface area (Å²) in [5, 5.41) is 9.94. The Bertz CT molecular complexity index is 572. The Labute approximate surface area is 155 Å². The third kappa shape index (κ3) is 3.20. The monoisotopic (exact) mass is 377 g/mol. The third-order valence-corrected chi connectivity index (χ3v) is 4.62. The normalized spacial score (nSPS) is 28.3. The summed E-state index contributed by atoms with van der Waals surface area (Å²) in [7, 11) is 0. The smallest absolute Gasteiger partial charge is 0.129 e. The van der Waals surface area contributed by atoms with Crippen molar-refractivity contribution in [3.63, 3.8) is 0 Å². The Morgan fingerprint density at radius 3 is 2.91 bits per heavy atom. The van der Waals surface area contributed by atoms with Gasteiger partial charge >= 0.3 is 0 Å². The standard InChI is InChI=1S/C17H20O4.Y/c1-10(19)4-2-5-11-6-3-7-12-16-13(9-18)14(20)8-15(16)21-17(11)12;/h3,6-7,9,13-16,20H,2,4-5,8H2,1H3;/t13-,14+,15-,16+;/m0./s1. The van der Waals surface area contributed by atoms with E-state index in [4.69, 9.17) is 4.74 Å². The fraction of sp³-hybridized carbons (Fsp3) is 0.529. The maximum Gasteiger partial charge on any atom is 0.129 e. The molecule has 5 heteroatoms. The van der Waals surface area contributed by atoms with Gasteiger partial charge in [-0.15, -0.1) is 0 Å². The molecule has 2 aliphatic rings. The van der Waals surface area contributed by atoms with E-state index in [1.54, 1.807) is 6.92 Å². The van der Waals surface area contributed by atoms with Crippen molar-refractivity contribution in [2.75, 3.05) is 0 Å². The van der Waals surface area contributed by atoms with Gasteiger partial charge in [-0.3, -0.25) is 0 Å². The van der Waals surface area contributed by atoms with Gasteiger partial charge in [-0.1, -0.05) is 18.2 Å². The average molecular weight is 377 g/mol. The van der Waals surface area contributed by atoms with Crippen LogP contribution in [0.2, 0.25) is 0 Å². The van der Waals surface area contributed by atoms with Crippen molar-refractivity contribution < 1.29 is 52.1 Å². The maximum atomic E-state index is 11.2. The topological polar surface area (TPSA) is 63.6 Å². The van der Waals surface area contributed by atoms with Gasteiger partial charge in [0.1, 0.15) is 23.9 Å². The van der Waals surface area contributed by atoms with Crippen LogP contribution in [0, 0.1) is 5.92 Å². The summed E-state index contributed by atoms with van der Waals surface area (Å²) in [5.74, 6) is 0.670. The van der Waals surface area contributed by atoms with Gasteiger partial charge in [-0.25, -0.2) is 0 Å². The first-order valence-corrected chi connectivity index (χ1v) is 7.53. The van der Waals surface area contributed by atoms with Gasteiger partial charge in [0.15, 0.2) is 0 Å². The van der Waals surface area contributed by atoms with Crippen molar-refractivity contribution in [1.29, 1.82) is 0 Å². The van der Waals surface area contributed by atoms with Crippen molar-refractivity contribution in [3.8, 4) is 5.75 Å². The quantitative estimate of drug-likeness (QED) is 0.798. The van der Waals surface area contributed by atoms with Crippen molar-refractivity contribution in [3.05, 3.63) is 29.3 Å². The average Bonchev–Trinajstić information content (AvgIpc) is 2.93. The number of fused-ring (bicyclic) bond motifs is 3. The number of ether oxygens (including phenoxy) is 1. The zero-order chi connectivity index (χ0) is 15.0. The van der Waals surface area contributed by atoms with Crippen molar-refractivity contribution >= 4 is 12.1 Å². The molecule has 1 radical (unpaired) electrons. The van der Waals surface area contributed by atoms with Gasteiger partial charge in [0.2, 0.25) is 0 Å². The van der Waals surface area contributed by atoms with Gasteiger partial charge in [0.05, 0.1) is 12.0 Å². The predicted molar refractivity (Wildman–Crippen MR) is 77.4 cm³/mol. The van der Waals surface area contributed by atoms with E-state index in [-0.39, 0.29) is 56.4 Å². The number of aldehydes is 1. The van der Waals surface area contributed by atoms with Gasteiger partial charge in [0.25, 0.3) is 0 Å². The van der Waals surface area contributed by atoms with Crippen LogP contribution < -0.4 is 4.74 Å². The molecule has 3 rings (SSSR count). The fourth-order valence-corrected chi connectivity index (χ4v) is 3.62. The second-order valence-electron chi connectivity index (χ2n) is 6.09. The minimum atomic E-state index is -0.605. The van der Waals surface area contributed by atoms with Crippen LogP contribution in [0.3, 0.4) is 0 Å². The molecule has 0 aromatic heterocycles. The first kappa shape index (κ1) is 17.8. The Morgan fingerprint density at radius 1 is 1.45 bits per heavy atom. The van der Waals surface area contributed by atoms with Crippen LogP contribution in [0.5, 0.6) is 5.75 Å². The minimum Gasteiger partial charge on any atom is -0.489 e. The Morgan fingerprint density at radius 2 is 2.23 bits per heavy atom. The first-order chi connectivity index (χ1) is 10.1. The molecule has 1 aliphatic carbocycles. The Hall–Kier alpha value is -0.576. The van der Waals surface area contributed by atoms with E-state index in [1.165, 1.54) is 0 Å². The molecule has 1 N–H and O–H groups in total. The summed E-state index contributed by atoms with van der Waals surface area (Å²) in [4.78, 5) is 22.3. The molecule has 1 saturated carbocycles.